The second-order valence-electron chi connectivity index (χ2n) is 10.9. The molecule has 3 unspecified atom stereocenters. The average Bonchev–Trinajstić information content (AvgIpc) is 2.77. The van der Waals surface area contributed by atoms with Crippen LogP contribution in [-0.2, 0) is 23.9 Å². The molecule has 9 nitrogen and oxygen atoms in total. The summed E-state index contributed by atoms with van der Waals surface area (Å²) in [6, 6.07) is 3.19. The van der Waals surface area contributed by atoms with Crippen LogP contribution in [0, 0.1) is 29.6 Å². The predicted molar refractivity (Wildman–Crippen MR) is 139 cm³/mol. The Bertz CT molecular complexity index is 940. The van der Waals surface area contributed by atoms with Crippen molar-refractivity contribution in [3.8, 4) is 11.5 Å². The van der Waals surface area contributed by atoms with Crippen molar-refractivity contribution in [1.82, 2.24) is 0 Å². The monoisotopic (exact) mass is 521 g/mol. The van der Waals surface area contributed by atoms with Crippen LogP contribution in [0.15, 0.2) is 18.2 Å². The Morgan fingerprint density at radius 1 is 0.838 bits per heavy atom. The average molecular weight is 522 g/mol. The zero-order chi connectivity index (χ0) is 28.4. The van der Waals surface area contributed by atoms with Crippen molar-refractivity contribution in [2.75, 3.05) is 6.61 Å². The van der Waals surface area contributed by atoms with Crippen LogP contribution in [0.25, 0.3) is 0 Å². The van der Waals surface area contributed by atoms with Crippen molar-refractivity contribution < 1.29 is 38.5 Å². The Labute approximate surface area is 220 Å². The minimum atomic E-state index is -1.33. The molecule has 3 N–H and O–H groups in total. The molecule has 1 aromatic carbocycles. The van der Waals surface area contributed by atoms with Crippen LogP contribution in [0.4, 0.5) is 0 Å². The minimum Gasteiger partial charge on any atom is -0.480 e. The van der Waals surface area contributed by atoms with Crippen LogP contribution < -0.4 is 15.2 Å². The summed E-state index contributed by atoms with van der Waals surface area (Å²) in [4.78, 5) is 49.0. The summed E-state index contributed by atoms with van der Waals surface area (Å²) in [5.74, 6) is -3.94. The Morgan fingerprint density at radius 2 is 1.35 bits per heavy atom. The first-order valence-electron chi connectivity index (χ1n) is 12.8. The van der Waals surface area contributed by atoms with Crippen LogP contribution in [0.5, 0.6) is 11.5 Å². The second-order valence-corrected chi connectivity index (χ2v) is 10.9. The number of carboxylic acid groups (broad SMARTS) is 1. The molecule has 0 amide bonds. The first kappa shape index (κ1) is 32.1. The van der Waals surface area contributed by atoms with E-state index >= 15 is 0 Å². The maximum Gasteiger partial charge on any atom is 0.321 e. The normalized spacial score (nSPS) is 14.7. The van der Waals surface area contributed by atoms with E-state index in [9.17, 15) is 24.3 Å². The molecule has 1 rings (SSSR count). The number of esters is 3. The molecule has 37 heavy (non-hydrogen) atoms. The lowest BCUT2D eigenvalue weighted by molar-refractivity contribution is -0.151. The van der Waals surface area contributed by atoms with Crippen LogP contribution in [-0.4, -0.2) is 41.6 Å². The standard InChI is InChI=1S/C28H43NO8/c1-15(2)11-23(30)36-21-10-9-20(13-22(21)37-24(31)12-16(3)4)25(26(29)27(32)33)18(7)14-35-28(34)19(8)17(5)6/h9-10,13,15-19,25-26H,11-12,14,29H2,1-8H3,(H,32,33)/t18?,19?,25?,26-/m0/s1. The molecule has 0 saturated carbocycles. The number of carboxylic acids is 1. The summed E-state index contributed by atoms with van der Waals surface area (Å²) in [6.45, 7) is 14.8. The number of carbonyl (C=O) groups excluding carboxylic acids is 3. The zero-order valence-electron chi connectivity index (χ0n) is 23.3. The zero-order valence-corrected chi connectivity index (χ0v) is 23.3. The van der Waals surface area contributed by atoms with Gasteiger partial charge >= 0.3 is 23.9 Å². The van der Waals surface area contributed by atoms with E-state index in [-0.39, 0.29) is 60.6 Å². The smallest absolute Gasteiger partial charge is 0.321 e. The predicted octanol–water partition coefficient (Wildman–Crippen LogP) is 4.56. The summed E-state index contributed by atoms with van der Waals surface area (Å²) in [7, 11) is 0. The fraction of sp³-hybridized carbons (Fsp3) is 0.643. The molecule has 0 aliphatic rings. The summed E-state index contributed by atoms with van der Waals surface area (Å²) < 4.78 is 16.5. The van der Waals surface area contributed by atoms with Crippen molar-refractivity contribution in [3.05, 3.63) is 23.8 Å². The first-order chi connectivity index (χ1) is 17.1. The molecule has 1 aromatic rings. The summed E-state index contributed by atoms with van der Waals surface area (Å²) >= 11 is 0. The SMILES string of the molecule is CC(C)CC(=O)Oc1ccc(C(C(C)COC(=O)C(C)C(C)C)[C@H](N)C(=O)O)cc1OC(=O)CC(C)C. The number of rotatable bonds is 14. The number of ether oxygens (including phenoxy) is 3. The lowest BCUT2D eigenvalue weighted by Crippen LogP contribution is -2.41. The molecular weight excluding hydrogens is 478 g/mol. The van der Waals surface area contributed by atoms with E-state index in [4.69, 9.17) is 19.9 Å². The molecule has 0 bridgehead atoms. The lowest BCUT2D eigenvalue weighted by Gasteiger charge is -2.28. The molecule has 0 aliphatic carbocycles. The maximum absolute atomic E-state index is 12.5. The summed E-state index contributed by atoms with van der Waals surface area (Å²) in [6.07, 6.45) is 0.312. The number of benzene rings is 1. The summed E-state index contributed by atoms with van der Waals surface area (Å²) in [5, 5.41) is 9.68. The topological polar surface area (TPSA) is 142 Å². The molecule has 0 fully saturated rings. The third-order valence-corrected chi connectivity index (χ3v) is 6.10. The third-order valence-electron chi connectivity index (χ3n) is 6.10. The molecule has 9 heteroatoms. The molecule has 4 atom stereocenters. The van der Waals surface area contributed by atoms with Crippen molar-refractivity contribution in [2.24, 2.45) is 35.3 Å². The number of nitrogens with two attached hydrogens (primary N) is 1. The van der Waals surface area contributed by atoms with E-state index in [1.807, 2.05) is 41.5 Å². The van der Waals surface area contributed by atoms with Gasteiger partial charge in [-0.05, 0) is 41.4 Å². The largest absolute Gasteiger partial charge is 0.480 e. The van der Waals surface area contributed by atoms with Crippen LogP contribution in [0.2, 0.25) is 0 Å². The highest BCUT2D eigenvalue weighted by molar-refractivity contribution is 5.77. The van der Waals surface area contributed by atoms with Crippen LogP contribution >= 0.6 is 0 Å². The number of hydrogen-bond donors (Lipinski definition) is 2. The van der Waals surface area contributed by atoms with E-state index in [2.05, 4.69) is 0 Å². The van der Waals surface area contributed by atoms with Crippen molar-refractivity contribution in [2.45, 2.75) is 80.2 Å². The van der Waals surface area contributed by atoms with Gasteiger partial charge in [-0.1, -0.05) is 61.5 Å². The second kappa shape index (κ2) is 14.7. The van der Waals surface area contributed by atoms with E-state index in [1.165, 1.54) is 12.1 Å². The highest BCUT2D eigenvalue weighted by Gasteiger charge is 2.33. The molecule has 0 heterocycles. The fourth-order valence-electron chi connectivity index (χ4n) is 3.66. The molecule has 0 spiro atoms. The van der Waals surface area contributed by atoms with Gasteiger partial charge in [0.15, 0.2) is 11.5 Å². The first-order valence-corrected chi connectivity index (χ1v) is 12.8. The van der Waals surface area contributed by atoms with Crippen molar-refractivity contribution in [1.29, 1.82) is 0 Å². The van der Waals surface area contributed by atoms with Gasteiger partial charge < -0.3 is 25.1 Å². The van der Waals surface area contributed by atoms with E-state index in [0.29, 0.717) is 5.56 Å². The van der Waals surface area contributed by atoms with Gasteiger partial charge in [0, 0.05) is 18.8 Å². The van der Waals surface area contributed by atoms with Crippen LogP contribution in [0.3, 0.4) is 0 Å². The summed E-state index contributed by atoms with van der Waals surface area (Å²) in [5.41, 5.74) is 6.52. The van der Waals surface area contributed by atoms with E-state index in [1.54, 1.807) is 19.9 Å². The molecule has 0 aliphatic heterocycles. The van der Waals surface area contributed by atoms with Gasteiger partial charge in [-0.2, -0.15) is 0 Å². The third kappa shape index (κ3) is 10.5. The Balaban J connectivity index is 3.36. The lowest BCUT2D eigenvalue weighted by atomic mass is 9.82. The van der Waals surface area contributed by atoms with E-state index in [0.717, 1.165) is 0 Å². The Hall–Kier alpha value is -2.94. The molecule has 208 valence electrons. The Kier molecular flexibility index (Phi) is 12.8. The maximum atomic E-state index is 12.5. The number of aliphatic carboxylic acids is 1. The van der Waals surface area contributed by atoms with Crippen molar-refractivity contribution in [3.63, 3.8) is 0 Å². The molecule has 0 saturated heterocycles. The van der Waals surface area contributed by atoms with Crippen LogP contribution in [0.1, 0.15) is 79.7 Å². The van der Waals surface area contributed by atoms with Gasteiger partial charge in [0.05, 0.1) is 12.5 Å². The Morgan fingerprint density at radius 3 is 1.81 bits per heavy atom. The van der Waals surface area contributed by atoms with Gasteiger partial charge in [0.1, 0.15) is 6.04 Å². The molecule has 0 radical (unpaired) electrons. The fourth-order valence-corrected chi connectivity index (χ4v) is 3.66. The van der Waals surface area contributed by atoms with E-state index < -0.39 is 35.8 Å². The van der Waals surface area contributed by atoms with Gasteiger partial charge in [-0.15, -0.1) is 0 Å². The number of hydrogen-bond acceptors (Lipinski definition) is 8. The van der Waals surface area contributed by atoms with Crippen molar-refractivity contribution >= 4 is 23.9 Å². The van der Waals surface area contributed by atoms with Gasteiger partial charge in [-0.25, -0.2) is 0 Å². The quantitative estimate of drug-likeness (QED) is 0.266. The molecular formula is C28H43NO8. The highest BCUT2D eigenvalue weighted by atomic mass is 16.6. The van der Waals surface area contributed by atoms with Gasteiger partial charge in [0.2, 0.25) is 0 Å². The highest BCUT2D eigenvalue weighted by Crippen LogP contribution is 2.36. The number of carbonyl (C=O) groups is 4. The van der Waals surface area contributed by atoms with Gasteiger partial charge in [-0.3, -0.25) is 19.2 Å². The molecule has 0 aromatic heterocycles. The van der Waals surface area contributed by atoms with Gasteiger partial charge in [0.25, 0.3) is 0 Å². The minimum absolute atomic E-state index is 0.000435.